The molecule has 8 heteroatoms. The van der Waals surface area contributed by atoms with Gasteiger partial charge in [-0.1, -0.05) is 12.1 Å². The summed E-state index contributed by atoms with van der Waals surface area (Å²) in [6.07, 6.45) is 0.862. The van der Waals surface area contributed by atoms with Crippen LogP contribution in [0.1, 0.15) is 29.4 Å². The van der Waals surface area contributed by atoms with Crippen LogP contribution < -0.4 is 5.32 Å². The van der Waals surface area contributed by atoms with Gasteiger partial charge in [0.05, 0.1) is 17.3 Å². The number of carboxylic acid groups (broad SMARTS) is 1. The zero-order chi connectivity index (χ0) is 18.7. The number of hydrogen-bond acceptors (Lipinski definition) is 5. The molecule has 1 aliphatic heterocycles. The largest absolute Gasteiger partial charge is 0.465 e. The number of rotatable bonds is 3. The van der Waals surface area contributed by atoms with E-state index in [2.05, 4.69) is 21.4 Å². The molecule has 0 radical (unpaired) electrons. The minimum Gasteiger partial charge on any atom is -0.465 e. The molecule has 1 aromatic heterocycles. The fraction of sp³-hybridized carbons (Fsp3) is 0.278. The van der Waals surface area contributed by atoms with Gasteiger partial charge in [0, 0.05) is 24.2 Å². The lowest BCUT2D eigenvalue weighted by Crippen LogP contribution is -2.38. The second kappa shape index (κ2) is 7.19. The summed E-state index contributed by atoms with van der Waals surface area (Å²) < 4.78 is 0. The molecule has 2 aromatic rings. The third-order valence-electron chi connectivity index (χ3n) is 4.34. The third kappa shape index (κ3) is 3.62. The van der Waals surface area contributed by atoms with Crippen LogP contribution in [-0.4, -0.2) is 50.6 Å². The average molecular weight is 351 g/mol. The normalized spacial score (nSPS) is 19.0. The Morgan fingerprint density at radius 1 is 1.35 bits per heavy atom. The van der Waals surface area contributed by atoms with Crippen molar-refractivity contribution in [1.29, 1.82) is 5.26 Å². The SMILES string of the molecule is C[C@@H]1C[C@@H](NC(=O)c2cc(-c3cccc(C#N)c3)ncn2)CN1C(=O)O. The standard InChI is InChI=1S/C18H17N5O3/c1-11-5-14(9-23(11)18(25)26)22-17(24)16-7-15(20-10-21-16)13-4-2-3-12(6-13)8-19/h2-4,6-7,10-11,14H,5,9H2,1H3,(H,22,24)(H,25,26)/t11-,14-/m1/s1. The van der Waals surface area contributed by atoms with Crippen molar-refractivity contribution in [2.45, 2.75) is 25.4 Å². The van der Waals surface area contributed by atoms with E-state index in [-0.39, 0.29) is 30.2 Å². The highest BCUT2D eigenvalue weighted by atomic mass is 16.4. The van der Waals surface area contributed by atoms with Crippen LogP contribution >= 0.6 is 0 Å². The monoisotopic (exact) mass is 351 g/mol. The fourth-order valence-electron chi connectivity index (χ4n) is 3.05. The van der Waals surface area contributed by atoms with Crippen LogP contribution in [0.15, 0.2) is 36.7 Å². The predicted molar refractivity (Wildman–Crippen MR) is 92.2 cm³/mol. The van der Waals surface area contributed by atoms with Gasteiger partial charge in [-0.3, -0.25) is 4.79 Å². The number of nitrogens with one attached hydrogen (secondary N) is 1. The Hall–Kier alpha value is -3.47. The summed E-state index contributed by atoms with van der Waals surface area (Å²) in [6.45, 7) is 2.07. The molecule has 2 N–H and O–H groups in total. The Kier molecular flexibility index (Phi) is 4.80. The number of amides is 2. The van der Waals surface area contributed by atoms with E-state index in [1.54, 1.807) is 30.3 Å². The van der Waals surface area contributed by atoms with Crippen molar-refractivity contribution in [3.05, 3.63) is 47.9 Å². The molecule has 0 saturated carbocycles. The first-order valence-corrected chi connectivity index (χ1v) is 8.11. The molecule has 0 unspecified atom stereocenters. The van der Waals surface area contributed by atoms with Crippen molar-refractivity contribution >= 4 is 12.0 Å². The average Bonchev–Trinajstić information content (AvgIpc) is 3.02. The topological polar surface area (TPSA) is 119 Å². The van der Waals surface area contributed by atoms with Crippen molar-refractivity contribution in [2.75, 3.05) is 6.54 Å². The number of hydrogen-bond donors (Lipinski definition) is 2. The quantitative estimate of drug-likeness (QED) is 0.871. The summed E-state index contributed by atoms with van der Waals surface area (Å²) in [7, 11) is 0. The maximum Gasteiger partial charge on any atom is 0.407 e. The van der Waals surface area contributed by atoms with Crippen LogP contribution in [0.2, 0.25) is 0 Å². The van der Waals surface area contributed by atoms with Gasteiger partial charge in [-0.2, -0.15) is 5.26 Å². The number of carbonyl (C=O) groups is 2. The molecule has 1 aliphatic rings. The smallest absolute Gasteiger partial charge is 0.407 e. The Morgan fingerprint density at radius 2 is 2.15 bits per heavy atom. The molecule has 0 bridgehead atoms. The minimum absolute atomic E-state index is 0.146. The van der Waals surface area contributed by atoms with Crippen molar-refractivity contribution in [2.24, 2.45) is 0 Å². The molecule has 1 fully saturated rings. The lowest BCUT2D eigenvalue weighted by Gasteiger charge is -2.16. The zero-order valence-electron chi connectivity index (χ0n) is 14.1. The number of carbonyl (C=O) groups excluding carboxylic acids is 1. The molecule has 8 nitrogen and oxygen atoms in total. The molecule has 0 aliphatic carbocycles. The summed E-state index contributed by atoms with van der Waals surface area (Å²) in [5.41, 5.74) is 1.95. The van der Waals surface area contributed by atoms with Crippen molar-refractivity contribution in [1.82, 2.24) is 20.2 Å². The van der Waals surface area contributed by atoms with E-state index in [1.165, 1.54) is 11.2 Å². The summed E-state index contributed by atoms with van der Waals surface area (Å²) in [5.74, 6) is -0.380. The Bertz CT molecular complexity index is 892. The van der Waals surface area contributed by atoms with Gasteiger partial charge in [-0.25, -0.2) is 14.8 Å². The van der Waals surface area contributed by atoms with Crippen LogP contribution in [0.5, 0.6) is 0 Å². The molecule has 2 atom stereocenters. The van der Waals surface area contributed by atoms with Gasteiger partial charge in [-0.05, 0) is 31.5 Å². The minimum atomic E-state index is -0.990. The lowest BCUT2D eigenvalue weighted by atomic mass is 10.1. The number of aromatic nitrogens is 2. The van der Waals surface area contributed by atoms with Crippen molar-refractivity contribution in [3.63, 3.8) is 0 Å². The Balaban J connectivity index is 1.75. The molecular weight excluding hydrogens is 334 g/mol. The van der Waals surface area contributed by atoms with Gasteiger partial charge < -0.3 is 15.3 Å². The number of nitriles is 1. The van der Waals surface area contributed by atoms with E-state index in [4.69, 9.17) is 10.4 Å². The summed E-state index contributed by atoms with van der Waals surface area (Å²) in [4.78, 5) is 33.1. The molecule has 132 valence electrons. The second-order valence-electron chi connectivity index (χ2n) is 6.17. The summed E-state index contributed by atoms with van der Waals surface area (Å²) in [6, 6.07) is 10.1. The van der Waals surface area contributed by atoms with Gasteiger partial charge in [0.25, 0.3) is 5.91 Å². The first-order chi connectivity index (χ1) is 12.5. The first kappa shape index (κ1) is 17.4. The fourth-order valence-corrected chi connectivity index (χ4v) is 3.05. The molecule has 26 heavy (non-hydrogen) atoms. The van der Waals surface area contributed by atoms with Gasteiger partial charge in [-0.15, -0.1) is 0 Å². The lowest BCUT2D eigenvalue weighted by molar-refractivity contribution is 0.0930. The molecule has 3 rings (SSSR count). The van der Waals surface area contributed by atoms with E-state index in [0.717, 1.165) is 0 Å². The number of benzene rings is 1. The van der Waals surface area contributed by atoms with Crippen LogP contribution in [0.3, 0.4) is 0 Å². The van der Waals surface area contributed by atoms with E-state index in [9.17, 15) is 9.59 Å². The van der Waals surface area contributed by atoms with Crippen LogP contribution in [0.25, 0.3) is 11.3 Å². The molecule has 1 aromatic carbocycles. The van der Waals surface area contributed by atoms with Crippen LogP contribution in [0, 0.1) is 11.3 Å². The third-order valence-corrected chi connectivity index (χ3v) is 4.34. The van der Waals surface area contributed by atoms with E-state index >= 15 is 0 Å². The van der Waals surface area contributed by atoms with E-state index in [0.29, 0.717) is 23.2 Å². The van der Waals surface area contributed by atoms with Gasteiger partial charge in [0.2, 0.25) is 0 Å². The number of likely N-dealkylation sites (tertiary alicyclic amines) is 1. The maximum atomic E-state index is 12.5. The first-order valence-electron chi connectivity index (χ1n) is 8.11. The van der Waals surface area contributed by atoms with E-state index in [1.807, 2.05) is 6.92 Å². The zero-order valence-corrected chi connectivity index (χ0v) is 14.1. The highest BCUT2D eigenvalue weighted by Gasteiger charge is 2.33. The highest BCUT2D eigenvalue weighted by Crippen LogP contribution is 2.20. The maximum absolute atomic E-state index is 12.5. The predicted octanol–water partition coefficient (Wildman–Crippen LogP) is 1.89. The second-order valence-corrected chi connectivity index (χ2v) is 6.17. The highest BCUT2D eigenvalue weighted by molar-refractivity contribution is 5.93. The van der Waals surface area contributed by atoms with Gasteiger partial charge in [0.15, 0.2) is 0 Å². The van der Waals surface area contributed by atoms with Crippen LogP contribution in [-0.2, 0) is 0 Å². The van der Waals surface area contributed by atoms with E-state index < -0.39 is 6.09 Å². The molecular formula is C18H17N5O3. The van der Waals surface area contributed by atoms with Crippen molar-refractivity contribution < 1.29 is 14.7 Å². The number of nitrogens with zero attached hydrogens (tertiary/aromatic N) is 4. The van der Waals surface area contributed by atoms with Crippen molar-refractivity contribution in [3.8, 4) is 17.3 Å². The molecule has 2 amide bonds. The Labute approximate surface area is 150 Å². The molecule has 2 heterocycles. The summed E-state index contributed by atoms with van der Waals surface area (Å²) >= 11 is 0. The van der Waals surface area contributed by atoms with Crippen LogP contribution in [0.4, 0.5) is 4.79 Å². The van der Waals surface area contributed by atoms with Gasteiger partial charge in [0.1, 0.15) is 12.0 Å². The van der Waals surface area contributed by atoms with Gasteiger partial charge >= 0.3 is 6.09 Å². The molecule has 1 saturated heterocycles. The summed E-state index contributed by atoms with van der Waals surface area (Å²) in [5, 5.41) is 21.0. The Morgan fingerprint density at radius 3 is 2.85 bits per heavy atom. The molecule has 0 spiro atoms.